The summed E-state index contributed by atoms with van der Waals surface area (Å²) in [5.74, 6) is -1.52. The number of carbonyl (C=O) groups excluding carboxylic acids is 3. The van der Waals surface area contributed by atoms with Crippen LogP contribution in [0.5, 0.6) is 0 Å². The van der Waals surface area contributed by atoms with Crippen LogP contribution in [-0.2, 0) is 19.1 Å². The van der Waals surface area contributed by atoms with E-state index in [1.54, 1.807) is 38.2 Å². The summed E-state index contributed by atoms with van der Waals surface area (Å²) in [5.41, 5.74) is 5.66. The fourth-order valence-corrected chi connectivity index (χ4v) is 1.07. The molecule has 0 aliphatic carbocycles. The fourth-order valence-electron chi connectivity index (χ4n) is 1.07. The van der Waals surface area contributed by atoms with Crippen molar-refractivity contribution in [1.82, 2.24) is 20.9 Å². The van der Waals surface area contributed by atoms with Crippen LogP contribution in [0.15, 0.2) is 0 Å². The Balaban J connectivity index is 3.75. The standard InChI is InChI=1S/C11H22N4O5/c1-14(2)12-7-5-9(16)19-11(18)20-10(17)6-8-13-15(3)4/h12-13H,5-8H2,1-4H3. The van der Waals surface area contributed by atoms with Gasteiger partial charge < -0.3 is 9.47 Å². The Bertz CT molecular complexity index is 303. The Labute approximate surface area is 118 Å². The van der Waals surface area contributed by atoms with Gasteiger partial charge in [-0.3, -0.25) is 30.5 Å². The summed E-state index contributed by atoms with van der Waals surface area (Å²) in [5, 5.41) is 3.32. The highest BCUT2D eigenvalue weighted by atomic mass is 16.8. The maximum atomic E-state index is 11.2. The Morgan fingerprint density at radius 3 is 1.45 bits per heavy atom. The molecule has 0 aromatic carbocycles. The topological polar surface area (TPSA) is 100 Å². The lowest BCUT2D eigenvalue weighted by Crippen LogP contribution is -2.33. The van der Waals surface area contributed by atoms with Crippen LogP contribution in [0.4, 0.5) is 4.79 Å². The van der Waals surface area contributed by atoms with E-state index in [0.29, 0.717) is 13.1 Å². The van der Waals surface area contributed by atoms with E-state index >= 15 is 0 Å². The third-order valence-electron chi connectivity index (χ3n) is 1.91. The van der Waals surface area contributed by atoms with Gasteiger partial charge in [0.2, 0.25) is 0 Å². The van der Waals surface area contributed by atoms with Crippen LogP contribution in [-0.4, -0.2) is 69.4 Å². The number of hydrogen-bond acceptors (Lipinski definition) is 9. The zero-order chi connectivity index (χ0) is 15.5. The second-order valence-electron chi connectivity index (χ2n) is 4.30. The molecule has 0 fully saturated rings. The van der Waals surface area contributed by atoms with Gasteiger partial charge in [0.25, 0.3) is 0 Å². The van der Waals surface area contributed by atoms with E-state index in [1.165, 1.54) is 0 Å². The molecule has 116 valence electrons. The predicted molar refractivity (Wildman–Crippen MR) is 70.2 cm³/mol. The molecular weight excluding hydrogens is 268 g/mol. The Morgan fingerprint density at radius 2 is 1.15 bits per heavy atom. The van der Waals surface area contributed by atoms with Gasteiger partial charge in [-0.05, 0) is 0 Å². The summed E-state index contributed by atoms with van der Waals surface area (Å²) in [7, 11) is 7.06. The molecule has 0 radical (unpaired) electrons. The summed E-state index contributed by atoms with van der Waals surface area (Å²) in [6.07, 6.45) is -1.32. The summed E-state index contributed by atoms with van der Waals surface area (Å²) in [6, 6.07) is 0. The predicted octanol–water partition coefficient (Wildman–Crippen LogP) is -0.895. The highest BCUT2D eigenvalue weighted by molar-refractivity contribution is 5.88. The number of hydrogen-bond donors (Lipinski definition) is 2. The van der Waals surface area contributed by atoms with Crippen molar-refractivity contribution in [2.24, 2.45) is 0 Å². The van der Waals surface area contributed by atoms with Crippen LogP contribution >= 0.6 is 0 Å². The van der Waals surface area contributed by atoms with Crippen molar-refractivity contribution in [3.8, 4) is 0 Å². The van der Waals surface area contributed by atoms with Gasteiger partial charge in [0.05, 0.1) is 12.8 Å². The normalized spacial score (nSPS) is 10.7. The average molecular weight is 290 g/mol. The van der Waals surface area contributed by atoms with Gasteiger partial charge in [-0.25, -0.2) is 4.79 Å². The number of esters is 2. The molecule has 0 bridgehead atoms. The van der Waals surface area contributed by atoms with Crippen LogP contribution in [0.25, 0.3) is 0 Å². The first-order chi connectivity index (χ1) is 9.31. The van der Waals surface area contributed by atoms with E-state index in [2.05, 4.69) is 20.3 Å². The van der Waals surface area contributed by atoms with Gasteiger partial charge in [0, 0.05) is 41.3 Å². The Kier molecular flexibility index (Phi) is 9.47. The minimum atomic E-state index is -1.30. The lowest BCUT2D eigenvalue weighted by atomic mass is 10.4. The molecule has 0 aliphatic rings. The molecule has 0 rings (SSSR count). The van der Waals surface area contributed by atoms with Crippen LogP contribution < -0.4 is 10.9 Å². The number of carbonyl (C=O) groups is 3. The molecule has 0 heterocycles. The van der Waals surface area contributed by atoms with E-state index in [0.717, 1.165) is 0 Å². The van der Waals surface area contributed by atoms with E-state index in [-0.39, 0.29) is 12.8 Å². The van der Waals surface area contributed by atoms with Crippen LogP contribution in [0.3, 0.4) is 0 Å². The number of nitrogens with one attached hydrogen (secondary N) is 2. The number of nitrogens with zero attached hydrogens (tertiary/aromatic N) is 2. The number of hydrazine groups is 2. The summed E-state index contributed by atoms with van der Waals surface area (Å²) in [6.45, 7) is 0.639. The molecule has 0 saturated heterocycles. The lowest BCUT2D eigenvalue weighted by molar-refractivity contribution is -0.146. The van der Waals surface area contributed by atoms with Gasteiger partial charge in [0.15, 0.2) is 0 Å². The van der Waals surface area contributed by atoms with Gasteiger partial charge in [-0.2, -0.15) is 0 Å². The van der Waals surface area contributed by atoms with E-state index in [9.17, 15) is 14.4 Å². The van der Waals surface area contributed by atoms with Crippen LogP contribution in [0.2, 0.25) is 0 Å². The van der Waals surface area contributed by atoms with Crippen molar-refractivity contribution in [2.45, 2.75) is 12.8 Å². The quantitative estimate of drug-likeness (QED) is 0.335. The molecule has 20 heavy (non-hydrogen) atoms. The van der Waals surface area contributed by atoms with E-state index < -0.39 is 18.1 Å². The second kappa shape index (κ2) is 10.3. The molecule has 0 aromatic heterocycles. The van der Waals surface area contributed by atoms with Gasteiger partial charge in [-0.15, -0.1) is 0 Å². The van der Waals surface area contributed by atoms with E-state index in [4.69, 9.17) is 0 Å². The second-order valence-corrected chi connectivity index (χ2v) is 4.30. The van der Waals surface area contributed by atoms with Crippen LogP contribution in [0, 0.1) is 0 Å². The summed E-state index contributed by atoms with van der Waals surface area (Å²) in [4.78, 5) is 33.5. The molecular formula is C11H22N4O5. The molecule has 0 unspecified atom stereocenters. The van der Waals surface area contributed by atoms with Crippen molar-refractivity contribution >= 4 is 18.1 Å². The zero-order valence-corrected chi connectivity index (χ0v) is 12.3. The minimum Gasteiger partial charge on any atom is -0.360 e. The zero-order valence-electron chi connectivity index (χ0n) is 12.3. The molecule has 0 atom stereocenters. The molecule has 0 aliphatic heterocycles. The van der Waals surface area contributed by atoms with Crippen molar-refractivity contribution < 1.29 is 23.9 Å². The minimum absolute atomic E-state index is 0.0103. The first-order valence-electron chi connectivity index (χ1n) is 6.08. The van der Waals surface area contributed by atoms with Crippen molar-refractivity contribution in [3.05, 3.63) is 0 Å². The largest absolute Gasteiger partial charge is 0.524 e. The Hall–Kier alpha value is -1.55. The van der Waals surface area contributed by atoms with Crippen LogP contribution in [0.1, 0.15) is 12.8 Å². The monoisotopic (exact) mass is 290 g/mol. The van der Waals surface area contributed by atoms with Gasteiger partial charge in [0.1, 0.15) is 0 Å². The van der Waals surface area contributed by atoms with Crippen molar-refractivity contribution in [2.75, 3.05) is 41.3 Å². The molecule has 9 nitrogen and oxygen atoms in total. The third-order valence-corrected chi connectivity index (χ3v) is 1.91. The fraction of sp³-hybridized carbons (Fsp3) is 0.727. The highest BCUT2D eigenvalue weighted by Gasteiger charge is 2.15. The molecule has 2 N–H and O–H groups in total. The van der Waals surface area contributed by atoms with E-state index in [1.807, 2.05) is 0 Å². The first kappa shape index (κ1) is 18.4. The maximum Gasteiger partial charge on any atom is 0.524 e. The number of rotatable bonds is 8. The molecule has 0 spiro atoms. The van der Waals surface area contributed by atoms with Crippen molar-refractivity contribution in [1.29, 1.82) is 0 Å². The maximum absolute atomic E-state index is 11.2. The SMILES string of the molecule is CN(C)NCCC(=O)OC(=O)OC(=O)CCNN(C)C. The number of ether oxygens (including phenoxy) is 2. The van der Waals surface area contributed by atoms with Crippen molar-refractivity contribution in [3.63, 3.8) is 0 Å². The molecule has 0 aromatic rings. The third kappa shape index (κ3) is 11.5. The summed E-state index contributed by atoms with van der Waals surface area (Å²) >= 11 is 0. The Morgan fingerprint density at radius 1 is 0.800 bits per heavy atom. The van der Waals surface area contributed by atoms with Gasteiger partial charge >= 0.3 is 18.1 Å². The summed E-state index contributed by atoms with van der Waals surface area (Å²) < 4.78 is 8.64. The molecule has 0 saturated carbocycles. The lowest BCUT2D eigenvalue weighted by Gasteiger charge is -2.11. The average Bonchev–Trinajstić information content (AvgIpc) is 2.26. The molecule has 9 heteroatoms. The molecule has 0 amide bonds. The first-order valence-corrected chi connectivity index (χ1v) is 6.08. The smallest absolute Gasteiger partial charge is 0.360 e. The van der Waals surface area contributed by atoms with Gasteiger partial charge in [-0.1, -0.05) is 0 Å². The highest BCUT2D eigenvalue weighted by Crippen LogP contribution is 1.93.